The standard InChI is InChI=1S/C14H23NO/c1-5-11(3)16-14-9-7-8-13(10-14)12(4)15-6-2/h7-12,15H,5-6H2,1-4H3/t11-,12-/m0/s1. The number of ether oxygens (including phenoxy) is 1. The third-order valence-electron chi connectivity index (χ3n) is 2.78. The van der Waals surface area contributed by atoms with Crippen molar-refractivity contribution in [3.05, 3.63) is 29.8 Å². The molecule has 0 spiro atoms. The van der Waals surface area contributed by atoms with Gasteiger partial charge in [-0.25, -0.2) is 0 Å². The summed E-state index contributed by atoms with van der Waals surface area (Å²) in [6.07, 6.45) is 1.32. The summed E-state index contributed by atoms with van der Waals surface area (Å²) >= 11 is 0. The smallest absolute Gasteiger partial charge is 0.120 e. The maximum atomic E-state index is 5.80. The molecule has 2 atom stereocenters. The Bertz CT molecular complexity index is 311. The van der Waals surface area contributed by atoms with Crippen molar-refractivity contribution in [2.24, 2.45) is 0 Å². The molecule has 0 amide bonds. The minimum Gasteiger partial charge on any atom is -0.491 e. The Morgan fingerprint density at radius 3 is 2.62 bits per heavy atom. The van der Waals surface area contributed by atoms with Gasteiger partial charge in [0, 0.05) is 6.04 Å². The Labute approximate surface area is 99.0 Å². The number of benzene rings is 1. The van der Waals surface area contributed by atoms with E-state index in [0.29, 0.717) is 6.04 Å². The van der Waals surface area contributed by atoms with E-state index in [1.165, 1.54) is 5.56 Å². The van der Waals surface area contributed by atoms with E-state index >= 15 is 0 Å². The van der Waals surface area contributed by atoms with Crippen LogP contribution >= 0.6 is 0 Å². The number of hydrogen-bond donors (Lipinski definition) is 1. The fraction of sp³-hybridized carbons (Fsp3) is 0.571. The van der Waals surface area contributed by atoms with E-state index in [9.17, 15) is 0 Å². The number of rotatable bonds is 6. The molecule has 0 saturated carbocycles. The van der Waals surface area contributed by atoms with Crippen LogP contribution in [0.4, 0.5) is 0 Å². The van der Waals surface area contributed by atoms with Gasteiger partial charge in [0.1, 0.15) is 5.75 Å². The third-order valence-corrected chi connectivity index (χ3v) is 2.78. The largest absolute Gasteiger partial charge is 0.491 e. The highest BCUT2D eigenvalue weighted by Gasteiger charge is 2.06. The zero-order valence-corrected chi connectivity index (χ0v) is 10.8. The molecule has 0 fully saturated rings. The van der Waals surface area contributed by atoms with Gasteiger partial charge in [-0.3, -0.25) is 0 Å². The third kappa shape index (κ3) is 3.86. The highest BCUT2D eigenvalue weighted by Crippen LogP contribution is 2.20. The Morgan fingerprint density at radius 2 is 2.00 bits per heavy atom. The molecule has 90 valence electrons. The molecule has 1 rings (SSSR count). The zero-order valence-electron chi connectivity index (χ0n) is 10.8. The molecular weight excluding hydrogens is 198 g/mol. The summed E-state index contributed by atoms with van der Waals surface area (Å²) in [5.74, 6) is 0.969. The van der Waals surface area contributed by atoms with Crippen LogP contribution in [0.5, 0.6) is 5.75 Å². The summed E-state index contributed by atoms with van der Waals surface area (Å²) in [7, 11) is 0. The van der Waals surface area contributed by atoms with E-state index in [0.717, 1.165) is 18.7 Å². The quantitative estimate of drug-likeness (QED) is 0.793. The van der Waals surface area contributed by atoms with Gasteiger partial charge in [0.2, 0.25) is 0 Å². The van der Waals surface area contributed by atoms with Gasteiger partial charge in [-0.2, -0.15) is 0 Å². The molecule has 0 heterocycles. The van der Waals surface area contributed by atoms with Crippen LogP contribution in [0.1, 0.15) is 45.7 Å². The second kappa shape index (κ2) is 6.54. The first-order chi connectivity index (χ1) is 7.67. The van der Waals surface area contributed by atoms with E-state index in [1.807, 2.05) is 6.07 Å². The summed E-state index contributed by atoms with van der Waals surface area (Å²) in [5, 5.41) is 3.40. The monoisotopic (exact) mass is 221 g/mol. The Morgan fingerprint density at radius 1 is 1.25 bits per heavy atom. The predicted octanol–water partition coefficient (Wildman–Crippen LogP) is 3.53. The maximum absolute atomic E-state index is 5.80. The van der Waals surface area contributed by atoms with Crippen molar-refractivity contribution in [3.63, 3.8) is 0 Å². The van der Waals surface area contributed by atoms with Gasteiger partial charge in [0.15, 0.2) is 0 Å². The molecule has 0 unspecified atom stereocenters. The van der Waals surface area contributed by atoms with Crippen LogP contribution in [0.25, 0.3) is 0 Å². The first-order valence-electron chi connectivity index (χ1n) is 6.17. The molecule has 0 saturated heterocycles. The Kier molecular flexibility index (Phi) is 5.33. The lowest BCUT2D eigenvalue weighted by molar-refractivity contribution is 0.217. The summed E-state index contributed by atoms with van der Waals surface area (Å²) in [6, 6.07) is 8.72. The second-order valence-electron chi connectivity index (χ2n) is 4.19. The first kappa shape index (κ1) is 13.0. The lowest BCUT2D eigenvalue weighted by Gasteiger charge is -2.16. The second-order valence-corrected chi connectivity index (χ2v) is 4.19. The molecule has 0 aliphatic rings. The lowest BCUT2D eigenvalue weighted by Crippen LogP contribution is -2.18. The van der Waals surface area contributed by atoms with Crippen LogP contribution in [0.3, 0.4) is 0 Å². The maximum Gasteiger partial charge on any atom is 0.120 e. The molecule has 0 aromatic heterocycles. The first-order valence-corrected chi connectivity index (χ1v) is 6.17. The molecule has 0 radical (unpaired) electrons. The fourth-order valence-electron chi connectivity index (χ4n) is 1.60. The van der Waals surface area contributed by atoms with Crippen molar-refractivity contribution in [1.29, 1.82) is 0 Å². The van der Waals surface area contributed by atoms with Crippen LogP contribution in [-0.2, 0) is 0 Å². The molecule has 1 N–H and O–H groups in total. The lowest BCUT2D eigenvalue weighted by atomic mass is 10.1. The van der Waals surface area contributed by atoms with Crippen LogP contribution in [0.2, 0.25) is 0 Å². The highest BCUT2D eigenvalue weighted by molar-refractivity contribution is 5.30. The van der Waals surface area contributed by atoms with Crippen molar-refractivity contribution in [3.8, 4) is 5.75 Å². The van der Waals surface area contributed by atoms with Gasteiger partial charge in [-0.15, -0.1) is 0 Å². The van der Waals surface area contributed by atoms with Crippen molar-refractivity contribution < 1.29 is 4.74 Å². The van der Waals surface area contributed by atoms with Gasteiger partial charge in [0.25, 0.3) is 0 Å². The van der Waals surface area contributed by atoms with Gasteiger partial charge in [-0.1, -0.05) is 26.0 Å². The SMILES string of the molecule is CCN[C@@H](C)c1cccc(O[C@@H](C)CC)c1. The van der Waals surface area contributed by atoms with E-state index in [4.69, 9.17) is 4.74 Å². The van der Waals surface area contributed by atoms with Crippen LogP contribution < -0.4 is 10.1 Å². The number of hydrogen-bond acceptors (Lipinski definition) is 2. The molecule has 0 aliphatic carbocycles. The summed E-state index contributed by atoms with van der Waals surface area (Å²) in [4.78, 5) is 0. The van der Waals surface area contributed by atoms with Gasteiger partial charge >= 0.3 is 0 Å². The summed E-state index contributed by atoms with van der Waals surface area (Å²) < 4.78 is 5.80. The van der Waals surface area contributed by atoms with E-state index in [2.05, 4.69) is 51.2 Å². The van der Waals surface area contributed by atoms with Crippen LogP contribution in [0, 0.1) is 0 Å². The van der Waals surface area contributed by atoms with Gasteiger partial charge in [0.05, 0.1) is 6.10 Å². The molecule has 2 heteroatoms. The average molecular weight is 221 g/mol. The highest BCUT2D eigenvalue weighted by atomic mass is 16.5. The predicted molar refractivity (Wildman–Crippen MR) is 68.9 cm³/mol. The molecule has 1 aromatic carbocycles. The van der Waals surface area contributed by atoms with Gasteiger partial charge in [-0.05, 0) is 44.5 Å². The minimum atomic E-state index is 0.282. The summed E-state index contributed by atoms with van der Waals surface area (Å²) in [5.41, 5.74) is 1.28. The van der Waals surface area contributed by atoms with Crippen molar-refractivity contribution in [1.82, 2.24) is 5.32 Å². The Hall–Kier alpha value is -1.02. The molecule has 0 bridgehead atoms. The van der Waals surface area contributed by atoms with E-state index < -0.39 is 0 Å². The van der Waals surface area contributed by atoms with Crippen molar-refractivity contribution in [2.45, 2.75) is 46.3 Å². The average Bonchev–Trinajstić information content (AvgIpc) is 2.29. The minimum absolute atomic E-state index is 0.282. The molecule has 0 aliphatic heterocycles. The molecular formula is C14H23NO. The van der Waals surface area contributed by atoms with E-state index in [-0.39, 0.29) is 6.10 Å². The fourth-order valence-corrected chi connectivity index (χ4v) is 1.60. The molecule has 1 aromatic rings. The summed E-state index contributed by atoms with van der Waals surface area (Å²) in [6.45, 7) is 9.51. The van der Waals surface area contributed by atoms with E-state index in [1.54, 1.807) is 0 Å². The normalized spacial score (nSPS) is 14.5. The van der Waals surface area contributed by atoms with Gasteiger partial charge < -0.3 is 10.1 Å². The molecule has 2 nitrogen and oxygen atoms in total. The van der Waals surface area contributed by atoms with Crippen LogP contribution in [0.15, 0.2) is 24.3 Å². The van der Waals surface area contributed by atoms with Crippen molar-refractivity contribution in [2.75, 3.05) is 6.54 Å². The molecule has 16 heavy (non-hydrogen) atoms. The Balaban J connectivity index is 2.70. The number of nitrogens with one attached hydrogen (secondary N) is 1. The van der Waals surface area contributed by atoms with Crippen LogP contribution in [-0.4, -0.2) is 12.6 Å². The zero-order chi connectivity index (χ0) is 12.0. The van der Waals surface area contributed by atoms with Crippen molar-refractivity contribution >= 4 is 0 Å². The topological polar surface area (TPSA) is 21.3 Å².